The van der Waals surface area contributed by atoms with Crippen molar-refractivity contribution in [1.29, 1.82) is 0 Å². The van der Waals surface area contributed by atoms with Crippen molar-refractivity contribution < 1.29 is 4.52 Å². The van der Waals surface area contributed by atoms with E-state index >= 15 is 0 Å². The number of rotatable bonds is 4. The number of nitrogens with one attached hydrogen (secondary N) is 1. The fourth-order valence-corrected chi connectivity index (χ4v) is 3.35. The van der Waals surface area contributed by atoms with Crippen LogP contribution in [0.5, 0.6) is 0 Å². The van der Waals surface area contributed by atoms with Gasteiger partial charge in [0, 0.05) is 23.4 Å². The molecule has 0 radical (unpaired) electrons. The zero-order valence-electron chi connectivity index (χ0n) is 12.1. The van der Waals surface area contributed by atoms with Crippen molar-refractivity contribution in [3.8, 4) is 11.5 Å². The van der Waals surface area contributed by atoms with Gasteiger partial charge in [-0.2, -0.15) is 4.98 Å². The van der Waals surface area contributed by atoms with Crippen molar-refractivity contribution in [1.82, 2.24) is 20.4 Å². The summed E-state index contributed by atoms with van der Waals surface area (Å²) in [5.74, 6) is 2.38. The number of hydrogen-bond donors (Lipinski definition) is 1. The predicted molar refractivity (Wildman–Crippen MR) is 78.7 cm³/mol. The van der Waals surface area contributed by atoms with E-state index in [1.807, 2.05) is 12.1 Å². The highest BCUT2D eigenvalue weighted by Crippen LogP contribution is 2.45. The summed E-state index contributed by atoms with van der Waals surface area (Å²) in [6, 6.07) is 3.82. The van der Waals surface area contributed by atoms with E-state index in [2.05, 4.69) is 15.5 Å². The van der Waals surface area contributed by atoms with E-state index in [1.54, 1.807) is 12.4 Å². The summed E-state index contributed by atoms with van der Waals surface area (Å²) in [6.45, 7) is 2.09. The van der Waals surface area contributed by atoms with Crippen LogP contribution in [0.1, 0.15) is 37.9 Å². The molecule has 0 unspecified atom stereocenters. The first-order valence-corrected chi connectivity index (χ1v) is 7.81. The van der Waals surface area contributed by atoms with Crippen LogP contribution in [0.4, 0.5) is 0 Å². The smallest absolute Gasteiger partial charge is 0.258 e. The van der Waals surface area contributed by atoms with Crippen LogP contribution in [-0.4, -0.2) is 28.2 Å². The van der Waals surface area contributed by atoms with Crippen molar-refractivity contribution in [3.63, 3.8) is 0 Å². The first-order chi connectivity index (χ1) is 10.4. The molecule has 1 saturated heterocycles. The maximum Gasteiger partial charge on any atom is 0.258 e. The largest absolute Gasteiger partial charge is 0.334 e. The Kier molecular flexibility index (Phi) is 3.22. The van der Waals surface area contributed by atoms with Gasteiger partial charge in [-0.25, -0.2) is 0 Å². The van der Waals surface area contributed by atoms with Gasteiger partial charge in [-0.15, -0.1) is 0 Å². The third-order valence-electron chi connectivity index (χ3n) is 4.76. The van der Waals surface area contributed by atoms with E-state index < -0.39 is 0 Å². The Morgan fingerprint density at radius 3 is 2.67 bits per heavy atom. The molecule has 4 rings (SSSR count). The molecule has 5 heteroatoms. The van der Waals surface area contributed by atoms with Gasteiger partial charge in [0.2, 0.25) is 0 Å². The quantitative estimate of drug-likeness (QED) is 0.934. The lowest BCUT2D eigenvalue weighted by atomic mass is 9.74. The van der Waals surface area contributed by atoms with Crippen molar-refractivity contribution in [2.75, 3.05) is 13.1 Å². The van der Waals surface area contributed by atoms with Gasteiger partial charge in [-0.1, -0.05) is 18.0 Å². The number of piperidine rings is 1. The highest BCUT2D eigenvalue weighted by molar-refractivity contribution is 5.51. The van der Waals surface area contributed by atoms with E-state index in [0.29, 0.717) is 5.89 Å². The average Bonchev–Trinajstić information content (AvgIpc) is 3.20. The van der Waals surface area contributed by atoms with Crippen LogP contribution < -0.4 is 5.32 Å². The molecule has 1 aliphatic carbocycles. The fraction of sp³-hybridized carbons (Fsp3) is 0.562. The normalized spacial score (nSPS) is 21.3. The van der Waals surface area contributed by atoms with E-state index in [0.717, 1.165) is 43.2 Å². The highest BCUT2D eigenvalue weighted by Gasteiger charge is 2.42. The highest BCUT2D eigenvalue weighted by atomic mass is 16.5. The maximum absolute atomic E-state index is 5.52. The molecule has 1 aliphatic heterocycles. The minimum Gasteiger partial charge on any atom is -0.334 e. The molecule has 5 nitrogen and oxygen atoms in total. The van der Waals surface area contributed by atoms with Crippen LogP contribution in [0.25, 0.3) is 11.5 Å². The van der Waals surface area contributed by atoms with E-state index in [1.165, 1.54) is 19.3 Å². The average molecular weight is 284 g/mol. The Balaban J connectivity index is 1.65. The molecule has 2 fully saturated rings. The number of pyridine rings is 1. The summed E-state index contributed by atoms with van der Waals surface area (Å²) < 4.78 is 5.52. The van der Waals surface area contributed by atoms with Gasteiger partial charge in [0.15, 0.2) is 5.82 Å². The van der Waals surface area contributed by atoms with Crippen molar-refractivity contribution in [3.05, 3.63) is 30.4 Å². The summed E-state index contributed by atoms with van der Waals surface area (Å²) in [5, 5.41) is 7.78. The molecular weight excluding hydrogens is 264 g/mol. The van der Waals surface area contributed by atoms with Crippen LogP contribution in [0.3, 0.4) is 0 Å². The Hall–Kier alpha value is -1.75. The zero-order valence-corrected chi connectivity index (χ0v) is 12.1. The van der Waals surface area contributed by atoms with E-state index in [9.17, 15) is 0 Å². The van der Waals surface area contributed by atoms with Crippen molar-refractivity contribution >= 4 is 0 Å². The lowest BCUT2D eigenvalue weighted by Crippen LogP contribution is -2.41. The zero-order chi connectivity index (χ0) is 14.1. The Morgan fingerprint density at radius 1 is 1.19 bits per heavy atom. The second kappa shape index (κ2) is 5.22. The Labute approximate surface area is 124 Å². The third kappa shape index (κ3) is 2.58. The molecule has 1 N–H and O–H groups in total. The molecular formula is C16H20N4O. The van der Waals surface area contributed by atoms with Gasteiger partial charge in [-0.3, -0.25) is 4.98 Å². The first-order valence-electron chi connectivity index (χ1n) is 7.81. The van der Waals surface area contributed by atoms with Gasteiger partial charge >= 0.3 is 0 Å². The summed E-state index contributed by atoms with van der Waals surface area (Å²) in [6.07, 6.45) is 9.67. The number of nitrogens with zero attached hydrogens (tertiary/aromatic N) is 3. The second-order valence-electron chi connectivity index (χ2n) is 6.34. The van der Waals surface area contributed by atoms with Crippen LogP contribution in [-0.2, 0) is 5.41 Å². The molecule has 110 valence electrons. The van der Waals surface area contributed by atoms with E-state index in [4.69, 9.17) is 9.51 Å². The first kappa shape index (κ1) is 13.0. The molecule has 1 saturated carbocycles. The van der Waals surface area contributed by atoms with Crippen molar-refractivity contribution in [2.45, 2.75) is 37.5 Å². The predicted octanol–water partition coefficient (Wildman–Crippen LogP) is 2.55. The standard InChI is InChI=1S/C16H20N4O/c1-2-12(1)11-16(5-9-18-10-6-16)15-19-14(21-20-15)13-3-7-17-8-4-13/h3-4,7-8,12,18H,1-2,5-6,9-11H2. The molecule has 21 heavy (non-hydrogen) atoms. The van der Waals surface area contributed by atoms with Gasteiger partial charge in [0.05, 0.1) is 0 Å². The second-order valence-corrected chi connectivity index (χ2v) is 6.34. The van der Waals surface area contributed by atoms with Crippen LogP contribution in [0, 0.1) is 5.92 Å². The van der Waals surface area contributed by atoms with Gasteiger partial charge in [0.25, 0.3) is 5.89 Å². The Morgan fingerprint density at radius 2 is 1.95 bits per heavy atom. The van der Waals surface area contributed by atoms with Crippen LogP contribution in [0.2, 0.25) is 0 Å². The van der Waals surface area contributed by atoms with Gasteiger partial charge < -0.3 is 9.84 Å². The number of hydrogen-bond acceptors (Lipinski definition) is 5. The topological polar surface area (TPSA) is 63.8 Å². The van der Waals surface area contributed by atoms with E-state index in [-0.39, 0.29) is 5.41 Å². The molecule has 2 aliphatic rings. The minimum atomic E-state index is 0.112. The fourth-order valence-electron chi connectivity index (χ4n) is 3.35. The minimum absolute atomic E-state index is 0.112. The van der Waals surface area contributed by atoms with Crippen LogP contribution >= 0.6 is 0 Å². The summed E-state index contributed by atoms with van der Waals surface area (Å²) >= 11 is 0. The van der Waals surface area contributed by atoms with Crippen LogP contribution in [0.15, 0.2) is 29.0 Å². The van der Waals surface area contributed by atoms with Gasteiger partial charge in [0.1, 0.15) is 0 Å². The molecule has 0 amide bonds. The lowest BCUT2D eigenvalue weighted by Gasteiger charge is -2.35. The SMILES string of the molecule is c1cc(-c2nc(C3(CC4CC4)CCNCC3)no2)ccn1. The summed E-state index contributed by atoms with van der Waals surface area (Å²) in [4.78, 5) is 8.75. The molecule has 2 aromatic rings. The molecule has 0 spiro atoms. The molecule has 2 aromatic heterocycles. The van der Waals surface area contributed by atoms with Crippen molar-refractivity contribution in [2.24, 2.45) is 5.92 Å². The molecule has 0 aromatic carbocycles. The molecule has 0 bridgehead atoms. The maximum atomic E-state index is 5.52. The van der Waals surface area contributed by atoms with Gasteiger partial charge in [-0.05, 0) is 50.4 Å². The Bertz CT molecular complexity index is 600. The third-order valence-corrected chi connectivity index (χ3v) is 4.76. The number of aromatic nitrogens is 3. The lowest BCUT2D eigenvalue weighted by molar-refractivity contribution is 0.251. The monoisotopic (exact) mass is 284 g/mol. The summed E-state index contributed by atoms with van der Waals surface area (Å²) in [7, 11) is 0. The summed E-state index contributed by atoms with van der Waals surface area (Å²) in [5.41, 5.74) is 1.06. The molecule has 0 atom stereocenters. The molecule has 3 heterocycles.